The third-order valence-corrected chi connectivity index (χ3v) is 4.99. The molecule has 2 atom stereocenters. The molecule has 2 aromatic heterocycles. The Morgan fingerprint density at radius 3 is 2.58 bits per heavy atom. The lowest BCUT2D eigenvalue weighted by atomic mass is 10.2. The van der Waals surface area contributed by atoms with E-state index < -0.39 is 17.0 Å². The molecule has 140 valence electrons. The molecular formula is C18H24N4O4. The van der Waals surface area contributed by atoms with E-state index in [0.29, 0.717) is 18.4 Å². The van der Waals surface area contributed by atoms with Gasteiger partial charge in [-0.15, -0.1) is 0 Å². The highest BCUT2D eigenvalue weighted by atomic mass is 16.3. The molecule has 2 heterocycles. The van der Waals surface area contributed by atoms with Crippen LogP contribution in [-0.2, 0) is 20.6 Å². The number of hydrogen-bond donors (Lipinski definition) is 1. The van der Waals surface area contributed by atoms with Gasteiger partial charge in [-0.2, -0.15) is 0 Å². The van der Waals surface area contributed by atoms with Crippen LogP contribution in [-0.4, -0.2) is 33.4 Å². The predicted octanol–water partition coefficient (Wildman–Crippen LogP) is 0.697. The Labute approximate surface area is 150 Å². The fraction of sp³-hybridized carbons (Fsp3) is 0.500. The highest BCUT2D eigenvalue weighted by Crippen LogP contribution is 2.47. The van der Waals surface area contributed by atoms with E-state index in [2.05, 4.69) is 6.92 Å². The van der Waals surface area contributed by atoms with E-state index in [1.165, 1.54) is 14.1 Å². The SMILES string of the molecule is CC1CC1c1ccc(CN(C)CC(=O)c2c(N)n(C)c(=O)n(C)c2=O)o1. The zero-order valence-corrected chi connectivity index (χ0v) is 15.5. The van der Waals surface area contributed by atoms with Crippen molar-refractivity contribution in [2.24, 2.45) is 20.0 Å². The quantitative estimate of drug-likeness (QED) is 0.761. The number of carbonyl (C=O) groups excluding carboxylic acids is 1. The second-order valence-corrected chi connectivity index (χ2v) is 7.19. The summed E-state index contributed by atoms with van der Waals surface area (Å²) in [5, 5.41) is 0. The van der Waals surface area contributed by atoms with Crippen LogP contribution in [0.4, 0.5) is 5.82 Å². The summed E-state index contributed by atoms with van der Waals surface area (Å²) in [7, 11) is 4.52. The number of aromatic nitrogens is 2. The molecule has 2 N–H and O–H groups in total. The molecule has 1 saturated carbocycles. The number of Topliss-reactive ketones (excluding diaryl/α,β-unsaturated/α-hetero) is 1. The Bertz CT molecular complexity index is 969. The fourth-order valence-corrected chi connectivity index (χ4v) is 3.17. The summed E-state index contributed by atoms with van der Waals surface area (Å²) in [6.45, 7) is 2.63. The molecule has 2 aromatic rings. The third-order valence-electron chi connectivity index (χ3n) is 4.99. The summed E-state index contributed by atoms with van der Waals surface area (Å²) in [6, 6.07) is 3.90. The van der Waals surface area contributed by atoms with Gasteiger partial charge >= 0.3 is 5.69 Å². The van der Waals surface area contributed by atoms with Crippen molar-refractivity contribution >= 4 is 11.6 Å². The van der Waals surface area contributed by atoms with E-state index in [1.54, 1.807) is 11.9 Å². The molecule has 1 aliphatic carbocycles. The molecule has 0 spiro atoms. The first kappa shape index (κ1) is 18.2. The van der Waals surface area contributed by atoms with Gasteiger partial charge in [0, 0.05) is 20.0 Å². The van der Waals surface area contributed by atoms with Crippen molar-refractivity contribution in [1.82, 2.24) is 14.0 Å². The van der Waals surface area contributed by atoms with Crippen LogP contribution in [0.5, 0.6) is 0 Å². The first-order valence-electron chi connectivity index (χ1n) is 8.56. The summed E-state index contributed by atoms with van der Waals surface area (Å²) < 4.78 is 7.84. The molecule has 8 nitrogen and oxygen atoms in total. The Hall–Kier alpha value is -2.61. The van der Waals surface area contributed by atoms with Gasteiger partial charge in [0.15, 0.2) is 5.78 Å². The normalized spacial score (nSPS) is 19.1. The lowest BCUT2D eigenvalue weighted by Gasteiger charge is -2.16. The van der Waals surface area contributed by atoms with Crippen LogP contribution in [0, 0.1) is 5.92 Å². The molecule has 26 heavy (non-hydrogen) atoms. The predicted molar refractivity (Wildman–Crippen MR) is 97.2 cm³/mol. The molecule has 0 amide bonds. The van der Waals surface area contributed by atoms with E-state index in [9.17, 15) is 14.4 Å². The molecule has 0 aromatic carbocycles. The van der Waals surface area contributed by atoms with Gasteiger partial charge in [0.25, 0.3) is 5.56 Å². The van der Waals surface area contributed by atoms with Gasteiger partial charge in [0.1, 0.15) is 22.9 Å². The molecule has 0 aliphatic heterocycles. The van der Waals surface area contributed by atoms with Crippen molar-refractivity contribution in [2.75, 3.05) is 19.3 Å². The number of furan rings is 1. The van der Waals surface area contributed by atoms with E-state index in [1.807, 2.05) is 12.1 Å². The van der Waals surface area contributed by atoms with Crippen molar-refractivity contribution in [3.8, 4) is 0 Å². The number of nitrogens with zero attached hydrogens (tertiary/aromatic N) is 3. The van der Waals surface area contributed by atoms with E-state index >= 15 is 0 Å². The second kappa shape index (κ2) is 6.60. The van der Waals surface area contributed by atoms with Gasteiger partial charge in [0.05, 0.1) is 13.1 Å². The molecule has 0 bridgehead atoms. The fourth-order valence-electron chi connectivity index (χ4n) is 3.17. The number of nitrogens with two attached hydrogens (primary N) is 1. The Morgan fingerprint density at radius 2 is 1.96 bits per heavy atom. The van der Waals surface area contributed by atoms with Crippen molar-refractivity contribution in [1.29, 1.82) is 0 Å². The third kappa shape index (κ3) is 3.24. The Balaban J connectivity index is 1.73. The number of ketones is 1. The second-order valence-electron chi connectivity index (χ2n) is 7.19. The lowest BCUT2D eigenvalue weighted by Crippen LogP contribution is -2.43. The Kier molecular flexibility index (Phi) is 4.62. The minimum absolute atomic E-state index is 0.00644. The van der Waals surface area contributed by atoms with Crippen LogP contribution in [0.1, 0.15) is 41.1 Å². The zero-order chi connectivity index (χ0) is 19.2. The van der Waals surface area contributed by atoms with Crippen molar-refractivity contribution in [3.05, 3.63) is 50.1 Å². The summed E-state index contributed by atoms with van der Waals surface area (Å²) in [6.07, 6.45) is 1.15. The first-order valence-corrected chi connectivity index (χ1v) is 8.56. The highest BCUT2D eigenvalue weighted by molar-refractivity contribution is 6.01. The molecule has 8 heteroatoms. The summed E-state index contributed by atoms with van der Waals surface area (Å²) in [5.74, 6) is 2.39. The first-order chi connectivity index (χ1) is 12.2. The standard InChI is InChI=1S/C18H24N4O4/c1-10-7-12(10)14-6-5-11(26-14)8-20(2)9-13(23)15-16(19)21(3)18(25)22(4)17(15)24/h5-6,10,12H,7-9,19H2,1-4H3. The van der Waals surface area contributed by atoms with Gasteiger partial charge < -0.3 is 10.2 Å². The summed E-state index contributed by atoms with van der Waals surface area (Å²) in [4.78, 5) is 38.5. The van der Waals surface area contributed by atoms with Crippen LogP contribution in [0.3, 0.4) is 0 Å². The van der Waals surface area contributed by atoms with Gasteiger partial charge in [-0.3, -0.25) is 23.6 Å². The number of nitrogen functional groups attached to an aromatic ring is 1. The van der Waals surface area contributed by atoms with Crippen LogP contribution in [0.25, 0.3) is 0 Å². The maximum atomic E-state index is 12.6. The van der Waals surface area contributed by atoms with Gasteiger partial charge in [-0.25, -0.2) is 4.79 Å². The number of rotatable bonds is 6. The lowest BCUT2D eigenvalue weighted by molar-refractivity contribution is 0.0937. The van der Waals surface area contributed by atoms with Crippen molar-refractivity contribution in [2.45, 2.75) is 25.8 Å². The highest BCUT2D eigenvalue weighted by Gasteiger charge is 2.36. The largest absolute Gasteiger partial charge is 0.464 e. The van der Waals surface area contributed by atoms with E-state index in [0.717, 1.165) is 27.1 Å². The molecule has 0 radical (unpaired) electrons. The minimum atomic E-state index is -0.674. The zero-order valence-electron chi connectivity index (χ0n) is 15.5. The summed E-state index contributed by atoms with van der Waals surface area (Å²) in [5.41, 5.74) is 4.44. The van der Waals surface area contributed by atoms with Gasteiger partial charge in [0.2, 0.25) is 0 Å². The molecule has 1 aliphatic rings. The number of hydrogen-bond acceptors (Lipinski definition) is 6. The van der Waals surface area contributed by atoms with Crippen LogP contribution in [0.2, 0.25) is 0 Å². The molecule has 3 rings (SSSR count). The van der Waals surface area contributed by atoms with Crippen LogP contribution < -0.4 is 17.0 Å². The number of anilines is 1. The average molecular weight is 360 g/mol. The average Bonchev–Trinajstić information content (AvgIpc) is 3.13. The monoisotopic (exact) mass is 360 g/mol. The summed E-state index contributed by atoms with van der Waals surface area (Å²) >= 11 is 0. The Morgan fingerprint density at radius 1 is 1.31 bits per heavy atom. The molecule has 1 fully saturated rings. The van der Waals surface area contributed by atoms with Gasteiger partial charge in [-0.1, -0.05) is 6.92 Å². The van der Waals surface area contributed by atoms with E-state index in [-0.39, 0.29) is 17.9 Å². The number of likely N-dealkylation sites (N-methyl/N-ethyl adjacent to an activating group) is 1. The molecule has 0 saturated heterocycles. The maximum Gasteiger partial charge on any atom is 0.332 e. The van der Waals surface area contributed by atoms with Crippen molar-refractivity contribution < 1.29 is 9.21 Å². The molecule has 2 unspecified atom stereocenters. The topological polar surface area (TPSA) is 103 Å². The van der Waals surface area contributed by atoms with Crippen LogP contribution in [0.15, 0.2) is 26.1 Å². The van der Waals surface area contributed by atoms with Crippen molar-refractivity contribution in [3.63, 3.8) is 0 Å². The van der Waals surface area contributed by atoms with E-state index in [4.69, 9.17) is 10.2 Å². The maximum absolute atomic E-state index is 12.6. The van der Waals surface area contributed by atoms with Gasteiger partial charge in [-0.05, 0) is 31.5 Å². The number of carbonyl (C=O) groups is 1. The van der Waals surface area contributed by atoms with Crippen LogP contribution >= 0.6 is 0 Å². The smallest absolute Gasteiger partial charge is 0.332 e. The molecular weight excluding hydrogens is 336 g/mol. The minimum Gasteiger partial charge on any atom is -0.464 e.